The van der Waals surface area contributed by atoms with Crippen molar-refractivity contribution in [2.45, 2.75) is 0 Å². The Hall–Kier alpha value is -4.28. The van der Waals surface area contributed by atoms with Gasteiger partial charge in [0.1, 0.15) is 12.1 Å². The van der Waals surface area contributed by atoms with Crippen molar-refractivity contribution in [3.63, 3.8) is 0 Å². The molecule has 0 aliphatic heterocycles. The van der Waals surface area contributed by atoms with E-state index < -0.39 is 16.5 Å². The van der Waals surface area contributed by atoms with E-state index in [1.807, 2.05) is 0 Å². The molecule has 1 aromatic carbocycles. The van der Waals surface area contributed by atoms with Crippen LogP contribution >= 0.6 is 0 Å². The summed E-state index contributed by atoms with van der Waals surface area (Å²) in [5.74, 6) is -0.180. The highest BCUT2D eigenvalue weighted by atomic mass is 16.6. The molecule has 0 bridgehead atoms. The maximum Gasteiger partial charge on any atom is 0.355 e. The number of ether oxygens (including phenoxy) is 1. The molecule has 2 heterocycles. The lowest BCUT2D eigenvalue weighted by atomic mass is 10.3. The molecule has 0 aliphatic carbocycles. The average Bonchev–Trinajstić information content (AvgIpc) is 2.72. The molecule has 0 saturated heterocycles. The predicted octanol–water partition coefficient (Wildman–Crippen LogP) is 2.29. The fourth-order valence-corrected chi connectivity index (χ4v) is 2.26. The Kier molecular flexibility index (Phi) is 5.55. The van der Waals surface area contributed by atoms with E-state index in [1.165, 1.54) is 19.5 Å². The third kappa shape index (κ3) is 4.27. The molecule has 11 nitrogen and oxygen atoms in total. The number of nitro groups is 1. The Labute approximate surface area is 158 Å². The topological polar surface area (TPSA) is 144 Å². The van der Waals surface area contributed by atoms with Crippen molar-refractivity contribution in [1.82, 2.24) is 20.4 Å². The molecule has 3 N–H and O–H groups in total. The SMILES string of the molecule is COc1cccc(Nc2ncnc(NNC(=O)c3cccnc3)c2[N+](=O)[O-])c1. The van der Waals surface area contributed by atoms with E-state index in [1.54, 1.807) is 36.4 Å². The van der Waals surface area contributed by atoms with Crippen molar-refractivity contribution in [2.75, 3.05) is 17.9 Å². The molecule has 142 valence electrons. The van der Waals surface area contributed by atoms with Gasteiger partial charge in [0.15, 0.2) is 0 Å². The molecule has 0 unspecified atom stereocenters. The molecule has 2 aromatic heterocycles. The number of carbonyl (C=O) groups is 1. The average molecular weight is 381 g/mol. The van der Waals surface area contributed by atoms with E-state index in [0.717, 1.165) is 6.33 Å². The fourth-order valence-electron chi connectivity index (χ4n) is 2.26. The summed E-state index contributed by atoms with van der Waals surface area (Å²) in [7, 11) is 1.51. The van der Waals surface area contributed by atoms with E-state index in [9.17, 15) is 14.9 Å². The van der Waals surface area contributed by atoms with Crippen molar-refractivity contribution in [2.24, 2.45) is 0 Å². The molecule has 0 atom stereocenters. The molecule has 3 rings (SSSR count). The monoisotopic (exact) mass is 381 g/mol. The quantitative estimate of drug-likeness (QED) is 0.414. The van der Waals surface area contributed by atoms with Crippen LogP contribution in [-0.4, -0.2) is 32.9 Å². The van der Waals surface area contributed by atoms with Gasteiger partial charge in [-0.1, -0.05) is 6.07 Å². The van der Waals surface area contributed by atoms with Crippen molar-refractivity contribution in [3.8, 4) is 5.75 Å². The van der Waals surface area contributed by atoms with Gasteiger partial charge in [-0.25, -0.2) is 9.97 Å². The minimum absolute atomic E-state index is 0.0496. The van der Waals surface area contributed by atoms with Gasteiger partial charge in [0.05, 0.1) is 17.6 Å². The zero-order valence-corrected chi connectivity index (χ0v) is 14.6. The van der Waals surface area contributed by atoms with Crippen LogP contribution in [0.2, 0.25) is 0 Å². The van der Waals surface area contributed by atoms with Crippen LogP contribution in [0.4, 0.5) is 23.0 Å². The summed E-state index contributed by atoms with van der Waals surface area (Å²) in [4.78, 5) is 34.6. The summed E-state index contributed by atoms with van der Waals surface area (Å²) in [6.07, 6.45) is 4.02. The minimum atomic E-state index is -0.652. The number of nitrogens with zero attached hydrogens (tertiary/aromatic N) is 4. The third-order valence-electron chi connectivity index (χ3n) is 3.56. The highest BCUT2D eigenvalue weighted by molar-refractivity contribution is 5.94. The first kappa shape index (κ1) is 18.5. The van der Waals surface area contributed by atoms with Crippen LogP contribution in [0.15, 0.2) is 55.1 Å². The van der Waals surface area contributed by atoms with E-state index in [4.69, 9.17) is 4.74 Å². The summed E-state index contributed by atoms with van der Waals surface area (Å²) in [5.41, 5.74) is 5.18. The van der Waals surface area contributed by atoms with Crippen molar-refractivity contribution in [1.29, 1.82) is 0 Å². The first-order chi connectivity index (χ1) is 13.6. The summed E-state index contributed by atoms with van der Waals surface area (Å²) >= 11 is 0. The molecule has 0 fully saturated rings. The molecule has 0 spiro atoms. The molecule has 0 radical (unpaired) electrons. The van der Waals surface area contributed by atoms with Gasteiger partial charge in [0, 0.05) is 24.1 Å². The number of pyridine rings is 1. The van der Waals surface area contributed by atoms with Crippen LogP contribution in [0, 0.1) is 10.1 Å². The molecular formula is C17H15N7O4. The maximum absolute atomic E-state index is 12.1. The van der Waals surface area contributed by atoms with Crippen LogP contribution in [0.5, 0.6) is 5.75 Å². The molecule has 3 aromatic rings. The second-order valence-electron chi connectivity index (χ2n) is 5.35. The Morgan fingerprint density at radius 1 is 1.18 bits per heavy atom. The van der Waals surface area contributed by atoms with E-state index in [2.05, 4.69) is 31.1 Å². The largest absolute Gasteiger partial charge is 0.497 e. The Morgan fingerprint density at radius 2 is 2.00 bits per heavy atom. The molecule has 1 amide bonds. The van der Waals surface area contributed by atoms with Crippen molar-refractivity contribution in [3.05, 3.63) is 70.8 Å². The number of hydrazine groups is 1. The normalized spacial score (nSPS) is 10.0. The highest BCUT2D eigenvalue weighted by Gasteiger charge is 2.23. The van der Waals surface area contributed by atoms with Gasteiger partial charge in [-0.05, 0) is 24.3 Å². The van der Waals surface area contributed by atoms with Crippen LogP contribution in [0.3, 0.4) is 0 Å². The van der Waals surface area contributed by atoms with Crippen LogP contribution in [-0.2, 0) is 0 Å². The van der Waals surface area contributed by atoms with Gasteiger partial charge in [0.2, 0.25) is 11.6 Å². The summed E-state index contributed by atoms with van der Waals surface area (Å²) < 4.78 is 5.13. The van der Waals surface area contributed by atoms with Crippen LogP contribution in [0.1, 0.15) is 10.4 Å². The first-order valence-electron chi connectivity index (χ1n) is 7.95. The van der Waals surface area contributed by atoms with Crippen molar-refractivity contribution < 1.29 is 14.5 Å². The van der Waals surface area contributed by atoms with Gasteiger partial charge < -0.3 is 10.1 Å². The number of anilines is 3. The standard InChI is InChI=1S/C17H15N7O4/c1-28-13-6-2-5-12(8-13)21-15-14(24(26)27)16(20-10-19-15)22-23-17(25)11-4-3-7-18-9-11/h2-10H,1H3,(H,23,25)(H2,19,20,21,22). The van der Waals surface area contributed by atoms with Gasteiger partial charge in [-0.3, -0.25) is 30.7 Å². The number of aromatic nitrogens is 3. The maximum atomic E-state index is 12.1. The number of methoxy groups -OCH3 is 1. The summed E-state index contributed by atoms with van der Waals surface area (Å²) in [5, 5.41) is 14.4. The third-order valence-corrected chi connectivity index (χ3v) is 3.56. The van der Waals surface area contributed by atoms with E-state index in [-0.39, 0.29) is 17.2 Å². The number of amides is 1. The van der Waals surface area contributed by atoms with Crippen molar-refractivity contribution >= 4 is 28.9 Å². The lowest BCUT2D eigenvalue weighted by Crippen LogP contribution is -2.30. The Balaban J connectivity index is 1.83. The molecule has 0 saturated carbocycles. The van der Waals surface area contributed by atoms with E-state index in [0.29, 0.717) is 11.4 Å². The van der Waals surface area contributed by atoms with Gasteiger partial charge in [0.25, 0.3) is 5.91 Å². The summed E-state index contributed by atoms with van der Waals surface area (Å²) in [6, 6.07) is 9.96. The predicted molar refractivity (Wildman–Crippen MR) is 100 cm³/mol. The molecule has 0 aliphatic rings. The number of rotatable bonds is 7. The zero-order chi connectivity index (χ0) is 19.9. The number of carbonyl (C=O) groups excluding carboxylic acids is 1. The smallest absolute Gasteiger partial charge is 0.355 e. The number of benzene rings is 1. The van der Waals surface area contributed by atoms with E-state index >= 15 is 0 Å². The zero-order valence-electron chi connectivity index (χ0n) is 14.6. The summed E-state index contributed by atoms with van der Waals surface area (Å²) in [6.45, 7) is 0. The fraction of sp³-hybridized carbons (Fsp3) is 0.0588. The number of nitrogens with one attached hydrogen (secondary N) is 3. The van der Waals surface area contributed by atoms with Crippen LogP contribution in [0.25, 0.3) is 0 Å². The first-order valence-corrected chi connectivity index (χ1v) is 7.95. The van der Waals surface area contributed by atoms with Gasteiger partial charge in [-0.15, -0.1) is 0 Å². The van der Waals surface area contributed by atoms with Gasteiger partial charge in [-0.2, -0.15) is 0 Å². The minimum Gasteiger partial charge on any atom is -0.497 e. The number of hydrogen-bond donors (Lipinski definition) is 3. The molecule has 28 heavy (non-hydrogen) atoms. The Morgan fingerprint density at radius 3 is 2.71 bits per heavy atom. The number of hydrogen-bond acceptors (Lipinski definition) is 9. The lowest BCUT2D eigenvalue weighted by molar-refractivity contribution is -0.383. The molecule has 11 heteroatoms. The van der Waals surface area contributed by atoms with Gasteiger partial charge >= 0.3 is 5.69 Å². The Bertz CT molecular complexity index is 998. The highest BCUT2D eigenvalue weighted by Crippen LogP contribution is 2.31. The lowest BCUT2D eigenvalue weighted by Gasteiger charge is -2.11. The molecular weight excluding hydrogens is 366 g/mol. The second kappa shape index (κ2) is 8.40. The van der Waals surface area contributed by atoms with Crippen LogP contribution < -0.4 is 20.9 Å². The second-order valence-corrected chi connectivity index (χ2v) is 5.35.